The summed E-state index contributed by atoms with van der Waals surface area (Å²) in [4.78, 5) is 55.2. The number of rotatable bonds is 4. The lowest BCUT2D eigenvalue weighted by atomic mass is 9.63. The molecule has 2 bridgehead atoms. The number of hydrogen-bond donors (Lipinski definition) is 0. The second kappa shape index (κ2) is 7.88. The van der Waals surface area contributed by atoms with Crippen molar-refractivity contribution in [2.75, 3.05) is 16.3 Å². The molecule has 2 saturated carbocycles. The van der Waals surface area contributed by atoms with E-state index in [0.29, 0.717) is 23.3 Å². The number of esters is 1. The van der Waals surface area contributed by atoms with Crippen molar-refractivity contribution in [3.05, 3.63) is 65.7 Å². The summed E-state index contributed by atoms with van der Waals surface area (Å²) in [5, 5.41) is 0. The molecule has 188 valence electrons. The van der Waals surface area contributed by atoms with E-state index in [-0.39, 0.29) is 54.4 Å². The maximum atomic E-state index is 13.3. The van der Waals surface area contributed by atoms with E-state index in [0.717, 1.165) is 23.2 Å². The zero-order valence-corrected chi connectivity index (χ0v) is 20.8. The second-order valence-corrected chi connectivity index (χ2v) is 11.2. The number of anilines is 2. The van der Waals surface area contributed by atoms with E-state index in [1.165, 1.54) is 4.90 Å². The van der Waals surface area contributed by atoms with Crippen LogP contribution in [0.5, 0.6) is 5.75 Å². The van der Waals surface area contributed by atoms with E-state index in [9.17, 15) is 19.2 Å². The zero-order chi connectivity index (χ0) is 25.6. The van der Waals surface area contributed by atoms with Crippen molar-refractivity contribution in [1.82, 2.24) is 0 Å². The van der Waals surface area contributed by atoms with Gasteiger partial charge in [0.15, 0.2) is 0 Å². The first-order chi connectivity index (χ1) is 17.8. The molecular weight excluding hydrogens is 468 g/mol. The summed E-state index contributed by atoms with van der Waals surface area (Å²) in [6.07, 6.45) is 5.55. The lowest BCUT2D eigenvalue weighted by Crippen LogP contribution is -2.40. The molecule has 2 aromatic carbocycles. The van der Waals surface area contributed by atoms with Gasteiger partial charge in [-0.2, -0.15) is 0 Å². The van der Waals surface area contributed by atoms with E-state index in [4.69, 9.17) is 4.74 Å². The molecule has 37 heavy (non-hydrogen) atoms. The SMILES string of the molecule is Cc1cccc(N2C[C@H](C(=O)Oc3ccc(N4C(=O)[C@@H]5[C@H]6C=C[C@@H]([C@@H]7C[C@H]67)[C@@H]5C4=O)cc3)CC2=O)c1C. The maximum Gasteiger partial charge on any atom is 0.316 e. The van der Waals surface area contributed by atoms with Gasteiger partial charge in [-0.1, -0.05) is 24.3 Å². The van der Waals surface area contributed by atoms with Gasteiger partial charge in [0.1, 0.15) is 5.75 Å². The summed E-state index contributed by atoms with van der Waals surface area (Å²) >= 11 is 0. The Morgan fingerprint density at radius 3 is 2.19 bits per heavy atom. The minimum atomic E-state index is -0.564. The fourth-order valence-corrected chi connectivity index (χ4v) is 7.20. The fourth-order valence-electron chi connectivity index (χ4n) is 7.20. The van der Waals surface area contributed by atoms with Crippen molar-refractivity contribution in [1.29, 1.82) is 0 Å². The van der Waals surface area contributed by atoms with E-state index in [1.807, 2.05) is 32.0 Å². The van der Waals surface area contributed by atoms with Gasteiger partial charge in [0, 0.05) is 18.7 Å². The number of allylic oxidation sites excluding steroid dienone is 2. The van der Waals surface area contributed by atoms with Crippen LogP contribution in [0.15, 0.2) is 54.6 Å². The van der Waals surface area contributed by atoms with Crippen LogP contribution in [0, 0.1) is 55.3 Å². The Labute approximate surface area is 215 Å². The van der Waals surface area contributed by atoms with Crippen LogP contribution >= 0.6 is 0 Å². The molecule has 2 aliphatic heterocycles. The predicted octanol–water partition coefficient (Wildman–Crippen LogP) is 3.82. The van der Waals surface area contributed by atoms with Crippen molar-refractivity contribution in [3.8, 4) is 5.75 Å². The highest BCUT2D eigenvalue weighted by Gasteiger charge is 2.67. The molecule has 2 saturated heterocycles. The minimum absolute atomic E-state index is 0.0976. The quantitative estimate of drug-likeness (QED) is 0.278. The molecule has 3 amide bonds. The van der Waals surface area contributed by atoms with Crippen LogP contribution in [0.1, 0.15) is 24.0 Å². The van der Waals surface area contributed by atoms with Crippen molar-refractivity contribution in [2.24, 2.45) is 41.4 Å². The maximum absolute atomic E-state index is 13.3. The first-order valence-corrected chi connectivity index (χ1v) is 13.1. The Morgan fingerprint density at radius 1 is 0.892 bits per heavy atom. The summed E-state index contributed by atoms with van der Waals surface area (Å²) in [7, 11) is 0. The standard InChI is InChI=1S/C30H28N2O5/c1-15-4-3-5-24(16(15)2)31-14-17(12-25(31)33)30(36)37-19-8-6-18(7-9-19)32-28(34)26-20-10-11-21(23-13-22(20)23)27(26)29(32)35/h3-11,17,20-23,26-27H,12-14H2,1-2H3/t17-,20+,21+,22-,23+,26-,27+/m1/s1. The van der Waals surface area contributed by atoms with Crippen LogP contribution in [-0.2, 0) is 19.2 Å². The number of imide groups is 1. The van der Waals surface area contributed by atoms with E-state index in [2.05, 4.69) is 12.2 Å². The zero-order valence-electron chi connectivity index (χ0n) is 20.8. The Balaban J connectivity index is 1.04. The Bertz CT molecular complexity index is 1360. The number of aryl methyl sites for hydroxylation is 1. The van der Waals surface area contributed by atoms with E-state index >= 15 is 0 Å². The molecule has 0 aromatic heterocycles. The lowest BCUT2D eigenvalue weighted by molar-refractivity contribution is -0.139. The molecular formula is C30H28N2O5. The number of ether oxygens (including phenoxy) is 1. The van der Waals surface area contributed by atoms with Crippen molar-refractivity contribution < 1.29 is 23.9 Å². The molecule has 4 aliphatic carbocycles. The minimum Gasteiger partial charge on any atom is -0.426 e. The molecule has 2 aromatic rings. The summed E-state index contributed by atoms with van der Waals surface area (Å²) in [6.45, 7) is 4.24. The topological polar surface area (TPSA) is 84.0 Å². The average Bonchev–Trinajstić information content (AvgIpc) is 3.57. The van der Waals surface area contributed by atoms with Gasteiger partial charge in [0.25, 0.3) is 0 Å². The van der Waals surface area contributed by atoms with Crippen molar-refractivity contribution in [3.63, 3.8) is 0 Å². The van der Waals surface area contributed by atoms with Crippen LogP contribution in [0.4, 0.5) is 11.4 Å². The van der Waals surface area contributed by atoms with Crippen LogP contribution in [0.2, 0.25) is 0 Å². The molecule has 6 aliphatic rings. The molecule has 7 nitrogen and oxygen atoms in total. The highest BCUT2D eigenvalue weighted by molar-refractivity contribution is 6.22. The van der Waals surface area contributed by atoms with Crippen LogP contribution < -0.4 is 14.5 Å². The average molecular weight is 497 g/mol. The summed E-state index contributed by atoms with van der Waals surface area (Å²) in [5.41, 5.74) is 3.44. The monoisotopic (exact) mass is 496 g/mol. The summed E-state index contributed by atoms with van der Waals surface area (Å²) in [5.74, 6) is -0.0380. The number of benzene rings is 2. The molecule has 0 unspecified atom stereocenters. The van der Waals surface area contributed by atoms with Gasteiger partial charge < -0.3 is 9.64 Å². The van der Waals surface area contributed by atoms with Gasteiger partial charge in [0.05, 0.1) is 23.4 Å². The molecule has 7 atom stereocenters. The van der Waals surface area contributed by atoms with Gasteiger partial charge in [-0.05, 0) is 85.4 Å². The molecule has 0 N–H and O–H groups in total. The van der Waals surface area contributed by atoms with Crippen LogP contribution in [-0.4, -0.2) is 30.2 Å². The molecule has 0 spiro atoms. The van der Waals surface area contributed by atoms with Gasteiger partial charge >= 0.3 is 5.97 Å². The Morgan fingerprint density at radius 2 is 1.54 bits per heavy atom. The largest absolute Gasteiger partial charge is 0.426 e. The van der Waals surface area contributed by atoms with Gasteiger partial charge in [-0.3, -0.25) is 24.1 Å². The second-order valence-electron chi connectivity index (χ2n) is 11.2. The first kappa shape index (κ1) is 22.5. The molecule has 0 radical (unpaired) electrons. The van der Waals surface area contributed by atoms with Crippen LogP contribution in [0.3, 0.4) is 0 Å². The number of carbonyl (C=O) groups excluding carboxylic acids is 4. The number of carbonyl (C=O) groups is 4. The van der Waals surface area contributed by atoms with E-state index in [1.54, 1.807) is 29.2 Å². The molecule has 4 fully saturated rings. The number of amides is 3. The van der Waals surface area contributed by atoms with Crippen molar-refractivity contribution >= 4 is 35.1 Å². The first-order valence-electron chi connectivity index (χ1n) is 13.1. The Kier molecular flexibility index (Phi) is 4.78. The molecule has 2 heterocycles. The third-order valence-corrected chi connectivity index (χ3v) is 9.30. The summed E-state index contributed by atoms with van der Waals surface area (Å²) < 4.78 is 5.60. The van der Waals surface area contributed by atoms with Crippen LogP contribution in [0.25, 0.3) is 0 Å². The van der Waals surface area contributed by atoms with Gasteiger partial charge in [-0.25, -0.2) is 0 Å². The summed E-state index contributed by atoms with van der Waals surface area (Å²) in [6, 6.07) is 12.3. The third kappa shape index (κ3) is 3.26. The fraction of sp³-hybridized carbons (Fsp3) is 0.400. The van der Waals surface area contributed by atoms with Gasteiger partial charge in [-0.15, -0.1) is 0 Å². The molecule has 8 rings (SSSR count). The Hall–Kier alpha value is -3.74. The lowest BCUT2D eigenvalue weighted by Gasteiger charge is -2.37. The molecule has 7 heteroatoms. The predicted molar refractivity (Wildman–Crippen MR) is 136 cm³/mol. The van der Waals surface area contributed by atoms with Gasteiger partial charge in [0.2, 0.25) is 17.7 Å². The third-order valence-electron chi connectivity index (χ3n) is 9.30. The normalized spacial score (nSPS) is 33.1. The smallest absolute Gasteiger partial charge is 0.316 e. The highest BCUT2D eigenvalue weighted by Crippen LogP contribution is 2.65. The van der Waals surface area contributed by atoms with E-state index < -0.39 is 11.9 Å². The number of hydrogen-bond acceptors (Lipinski definition) is 5. The highest BCUT2D eigenvalue weighted by atomic mass is 16.5. The number of nitrogens with zero attached hydrogens (tertiary/aromatic N) is 2. The van der Waals surface area contributed by atoms with Crippen molar-refractivity contribution in [2.45, 2.75) is 26.7 Å².